The molecule has 3 fully saturated rings. The highest BCUT2D eigenvalue weighted by atomic mass is 32.2. The third-order valence-corrected chi connectivity index (χ3v) is 10.00. The second kappa shape index (κ2) is 14.2. The number of likely N-dealkylation sites (tertiary alicyclic amines) is 1. The fourth-order valence-electron chi connectivity index (χ4n) is 5.94. The van der Waals surface area contributed by atoms with Gasteiger partial charge in [-0.05, 0) is 32.6 Å². The van der Waals surface area contributed by atoms with E-state index in [1.54, 1.807) is 21.0 Å². The molecule has 0 aromatic heterocycles. The second-order valence-corrected chi connectivity index (χ2v) is 13.1. The predicted octanol–water partition coefficient (Wildman–Crippen LogP) is 1.60. The molecule has 3 heterocycles. The number of β-lactam (4-membered cyclic amide) rings is 1. The smallest absolute Gasteiger partial charge is 0.413 e. The zero-order valence-electron chi connectivity index (χ0n) is 25.7. The molecule has 2 saturated heterocycles. The van der Waals surface area contributed by atoms with Crippen LogP contribution in [0, 0.1) is 17.8 Å². The van der Waals surface area contributed by atoms with Gasteiger partial charge in [0.15, 0.2) is 0 Å². The van der Waals surface area contributed by atoms with Crippen LogP contribution in [0.2, 0.25) is 0 Å². The molecule has 15 heteroatoms. The summed E-state index contributed by atoms with van der Waals surface area (Å²) in [4.78, 5) is 80.7. The largest absolute Gasteiger partial charge is 0.428 e. The van der Waals surface area contributed by atoms with Gasteiger partial charge in [-0.1, -0.05) is 20.3 Å². The van der Waals surface area contributed by atoms with Crippen molar-refractivity contribution in [3.8, 4) is 0 Å². The highest BCUT2D eigenvalue weighted by molar-refractivity contribution is 8.03. The second-order valence-electron chi connectivity index (χ2n) is 11.8. The van der Waals surface area contributed by atoms with Crippen molar-refractivity contribution in [3.63, 3.8) is 0 Å². The molecule has 6 atom stereocenters. The molecule has 0 radical (unpaired) electrons. The van der Waals surface area contributed by atoms with Gasteiger partial charge in [0, 0.05) is 43.1 Å². The standard InChI is InChI=1S/C29H41N3O11S/c1-6-8-20(34)40-13-42-28(38)23-24(15(2)22-21(16(3)33)26(36)32(22)23)44-18-11-19(25(35)30(4)5)31(12-18)29(39)43-14-41-27(37)17-9-7-10-17/h15-19,21-22,33H,6-14H2,1-5H3/t15-,16-,18+,19+,21-,22-/m1/s1. The molecule has 0 bridgehead atoms. The lowest BCUT2D eigenvalue weighted by molar-refractivity contribution is -0.172. The van der Waals surface area contributed by atoms with Gasteiger partial charge in [0.25, 0.3) is 0 Å². The van der Waals surface area contributed by atoms with E-state index in [-0.39, 0.29) is 48.1 Å². The van der Waals surface area contributed by atoms with Crippen molar-refractivity contribution in [2.24, 2.45) is 17.8 Å². The third-order valence-electron chi connectivity index (χ3n) is 8.50. The lowest BCUT2D eigenvalue weighted by Crippen LogP contribution is -2.63. The number of aliphatic hydroxyl groups excluding tert-OH is 1. The van der Waals surface area contributed by atoms with Crippen LogP contribution in [0.1, 0.15) is 59.3 Å². The summed E-state index contributed by atoms with van der Waals surface area (Å²) in [7, 11) is 3.14. The number of carbonyl (C=O) groups excluding carboxylic acids is 6. The number of esters is 3. The number of rotatable bonds is 12. The average Bonchev–Trinajstić information content (AvgIpc) is 3.44. The van der Waals surface area contributed by atoms with Crippen LogP contribution in [0.4, 0.5) is 4.79 Å². The molecule has 1 aliphatic carbocycles. The highest BCUT2D eigenvalue weighted by Crippen LogP contribution is 2.52. The van der Waals surface area contributed by atoms with Crippen LogP contribution in [0.15, 0.2) is 10.6 Å². The van der Waals surface area contributed by atoms with Gasteiger partial charge >= 0.3 is 24.0 Å². The van der Waals surface area contributed by atoms with Crippen molar-refractivity contribution < 1.29 is 52.8 Å². The lowest BCUT2D eigenvalue weighted by Gasteiger charge is -2.46. The van der Waals surface area contributed by atoms with E-state index in [0.717, 1.165) is 19.3 Å². The third kappa shape index (κ3) is 6.82. The van der Waals surface area contributed by atoms with E-state index < -0.39 is 67.6 Å². The summed E-state index contributed by atoms with van der Waals surface area (Å²) in [6.07, 6.45) is 1.63. The first kappa shape index (κ1) is 33.6. The number of hydrogen-bond acceptors (Lipinski definition) is 12. The molecule has 3 amide bonds. The van der Waals surface area contributed by atoms with Crippen LogP contribution in [0.5, 0.6) is 0 Å². The molecule has 0 spiro atoms. The summed E-state index contributed by atoms with van der Waals surface area (Å²) in [5, 5.41) is 9.89. The summed E-state index contributed by atoms with van der Waals surface area (Å²) in [5.74, 6) is -3.80. The molecule has 0 unspecified atom stereocenters. The minimum Gasteiger partial charge on any atom is -0.428 e. The van der Waals surface area contributed by atoms with E-state index in [1.165, 1.54) is 33.4 Å². The molecule has 1 saturated carbocycles. The predicted molar refractivity (Wildman–Crippen MR) is 154 cm³/mol. The molecule has 4 rings (SSSR count). The highest BCUT2D eigenvalue weighted by Gasteiger charge is 2.60. The summed E-state index contributed by atoms with van der Waals surface area (Å²) in [6.45, 7) is 4.06. The molecule has 0 aromatic rings. The van der Waals surface area contributed by atoms with E-state index in [0.29, 0.717) is 11.3 Å². The topological polar surface area (TPSA) is 169 Å². The molecule has 3 aliphatic heterocycles. The minimum atomic E-state index is -0.944. The Bertz CT molecular complexity index is 1200. The average molecular weight is 640 g/mol. The van der Waals surface area contributed by atoms with Crippen molar-refractivity contribution >= 4 is 47.6 Å². The number of amides is 3. The van der Waals surface area contributed by atoms with Gasteiger partial charge in [0.1, 0.15) is 11.7 Å². The van der Waals surface area contributed by atoms with Crippen LogP contribution in [0.25, 0.3) is 0 Å². The van der Waals surface area contributed by atoms with Crippen LogP contribution in [-0.4, -0.2) is 113 Å². The molecule has 4 aliphatic rings. The van der Waals surface area contributed by atoms with Crippen LogP contribution in [-0.2, 0) is 42.9 Å². The summed E-state index contributed by atoms with van der Waals surface area (Å²) < 4.78 is 20.5. The molecule has 1 N–H and O–H groups in total. The Hall–Kier alpha value is -3.33. The van der Waals surface area contributed by atoms with Crippen LogP contribution >= 0.6 is 11.8 Å². The minimum absolute atomic E-state index is 0.000333. The fraction of sp³-hybridized carbons (Fsp3) is 0.724. The summed E-state index contributed by atoms with van der Waals surface area (Å²) >= 11 is 1.26. The number of thioether (sulfide) groups is 1. The molecule has 14 nitrogen and oxygen atoms in total. The molecule has 44 heavy (non-hydrogen) atoms. The fourth-order valence-corrected chi connectivity index (χ4v) is 7.46. The van der Waals surface area contributed by atoms with Gasteiger partial charge in [-0.15, -0.1) is 11.8 Å². The van der Waals surface area contributed by atoms with Gasteiger partial charge in [-0.3, -0.25) is 24.1 Å². The number of carbonyl (C=O) groups is 6. The molecular formula is C29H41N3O11S. The van der Waals surface area contributed by atoms with E-state index in [9.17, 15) is 33.9 Å². The first-order valence-corrected chi connectivity index (χ1v) is 15.8. The number of ether oxygens (including phenoxy) is 4. The number of nitrogens with zero attached hydrogens (tertiary/aromatic N) is 3. The van der Waals surface area contributed by atoms with E-state index in [4.69, 9.17) is 18.9 Å². The van der Waals surface area contributed by atoms with Crippen molar-refractivity contribution in [2.45, 2.75) is 82.7 Å². The SMILES string of the molecule is CCCC(=O)OCOC(=O)C1=C(S[C@H]2C[C@@H](C(=O)N(C)C)N(C(=O)OCOC(=O)C3CCC3)C2)[C@H](C)[C@@H]2[C@@H]([C@@H](C)O)C(=O)N12. The van der Waals surface area contributed by atoms with Gasteiger partial charge in [0.2, 0.25) is 25.4 Å². The first-order chi connectivity index (χ1) is 20.9. The van der Waals surface area contributed by atoms with E-state index >= 15 is 0 Å². The number of hydrogen-bond donors (Lipinski definition) is 1. The zero-order chi connectivity index (χ0) is 32.3. The van der Waals surface area contributed by atoms with Crippen molar-refractivity contribution in [2.75, 3.05) is 34.2 Å². The molecular weight excluding hydrogens is 598 g/mol. The Labute approximate surface area is 260 Å². The van der Waals surface area contributed by atoms with Gasteiger partial charge in [-0.25, -0.2) is 9.59 Å². The van der Waals surface area contributed by atoms with Gasteiger partial charge in [-0.2, -0.15) is 0 Å². The van der Waals surface area contributed by atoms with E-state index in [1.807, 2.05) is 6.92 Å². The molecule has 0 aromatic carbocycles. The van der Waals surface area contributed by atoms with Crippen molar-refractivity contribution in [1.29, 1.82) is 0 Å². The van der Waals surface area contributed by atoms with Crippen molar-refractivity contribution in [3.05, 3.63) is 10.6 Å². The van der Waals surface area contributed by atoms with Gasteiger partial charge < -0.3 is 33.9 Å². The van der Waals surface area contributed by atoms with Crippen LogP contribution in [0.3, 0.4) is 0 Å². The van der Waals surface area contributed by atoms with Gasteiger partial charge in [0.05, 0.1) is 24.0 Å². The Morgan fingerprint density at radius 1 is 1.07 bits per heavy atom. The monoisotopic (exact) mass is 639 g/mol. The first-order valence-electron chi connectivity index (χ1n) is 14.9. The number of fused-ring (bicyclic) bond motifs is 1. The Kier molecular flexibility index (Phi) is 10.8. The quantitative estimate of drug-likeness (QED) is 0.186. The van der Waals surface area contributed by atoms with Crippen molar-refractivity contribution in [1.82, 2.24) is 14.7 Å². The Morgan fingerprint density at radius 3 is 2.34 bits per heavy atom. The summed E-state index contributed by atoms with van der Waals surface area (Å²) in [5.41, 5.74) is 0.000333. The Balaban J connectivity index is 1.50. The van der Waals surface area contributed by atoms with E-state index in [2.05, 4.69) is 0 Å². The maximum absolute atomic E-state index is 13.3. The lowest BCUT2D eigenvalue weighted by atomic mass is 9.79. The van der Waals surface area contributed by atoms with Crippen LogP contribution < -0.4 is 0 Å². The summed E-state index contributed by atoms with van der Waals surface area (Å²) in [6, 6.07) is -1.35. The maximum atomic E-state index is 13.3. The number of aliphatic hydroxyl groups is 1. The number of likely N-dealkylation sites (N-methyl/N-ethyl adjacent to an activating group) is 1. The molecule has 244 valence electrons. The maximum Gasteiger partial charge on any atom is 0.413 e. The normalized spacial score (nSPS) is 26.8. The zero-order valence-corrected chi connectivity index (χ0v) is 26.5. The Morgan fingerprint density at radius 2 is 1.75 bits per heavy atom.